The Bertz CT molecular complexity index is 682. The molecule has 2 heterocycles. The monoisotopic (exact) mass is 302 g/mol. The van der Waals surface area contributed by atoms with Crippen molar-refractivity contribution in [1.82, 2.24) is 14.5 Å². The van der Waals surface area contributed by atoms with Crippen LogP contribution in [-0.2, 0) is 10.2 Å². The molecule has 3 rings (SSSR count). The third-order valence-electron chi connectivity index (χ3n) is 4.31. The molecule has 2 aromatic rings. The van der Waals surface area contributed by atoms with Gasteiger partial charge in [-0.15, -0.1) is 0 Å². The van der Waals surface area contributed by atoms with Crippen molar-refractivity contribution < 1.29 is 15.0 Å². The summed E-state index contributed by atoms with van der Waals surface area (Å²) in [5.41, 5.74) is 5.91. The first-order valence-corrected chi connectivity index (χ1v) is 7.21. The van der Waals surface area contributed by atoms with E-state index in [4.69, 9.17) is 5.73 Å². The molecule has 22 heavy (non-hydrogen) atoms. The summed E-state index contributed by atoms with van der Waals surface area (Å²) >= 11 is 0. The van der Waals surface area contributed by atoms with E-state index in [1.807, 2.05) is 0 Å². The van der Waals surface area contributed by atoms with Crippen molar-refractivity contribution in [3.63, 3.8) is 0 Å². The average Bonchev–Trinajstić information content (AvgIpc) is 3.04. The van der Waals surface area contributed by atoms with Gasteiger partial charge in [0.05, 0.1) is 23.9 Å². The van der Waals surface area contributed by atoms with Crippen LogP contribution in [0.4, 0.5) is 0 Å². The quantitative estimate of drug-likeness (QED) is 0.735. The Hall–Kier alpha value is -2.41. The van der Waals surface area contributed by atoms with Crippen molar-refractivity contribution in [3.05, 3.63) is 36.5 Å². The lowest BCUT2D eigenvalue weighted by Crippen LogP contribution is -2.23. The van der Waals surface area contributed by atoms with Crippen molar-refractivity contribution in [2.75, 3.05) is 6.54 Å². The van der Waals surface area contributed by atoms with Crippen LogP contribution in [0.15, 0.2) is 30.9 Å². The minimum absolute atomic E-state index is 0.0601. The van der Waals surface area contributed by atoms with Gasteiger partial charge in [-0.1, -0.05) is 0 Å². The van der Waals surface area contributed by atoms with Gasteiger partial charge in [-0.25, -0.2) is 9.97 Å². The molecule has 1 aliphatic rings. The highest BCUT2D eigenvalue weighted by atomic mass is 16.4. The minimum atomic E-state index is -0.884. The summed E-state index contributed by atoms with van der Waals surface area (Å²) in [6.07, 6.45) is 7.04. The van der Waals surface area contributed by atoms with Crippen LogP contribution in [0.2, 0.25) is 0 Å². The van der Waals surface area contributed by atoms with Gasteiger partial charge in [-0.05, 0) is 37.8 Å². The first-order chi connectivity index (χ1) is 10.6. The van der Waals surface area contributed by atoms with E-state index in [1.165, 1.54) is 12.3 Å². The molecule has 0 amide bonds. The van der Waals surface area contributed by atoms with E-state index in [1.54, 1.807) is 23.2 Å². The Balaban J connectivity index is 1.86. The second kappa shape index (κ2) is 5.42. The smallest absolute Gasteiger partial charge is 0.316 e. The van der Waals surface area contributed by atoms with Gasteiger partial charge < -0.3 is 20.5 Å². The zero-order valence-electron chi connectivity index (χ0n) is 12.0. The summed E-state index contributed by atoms with van der Waals surface area (Å²) < 4.78 is 1.71. The number of pyridine rings is 1. The Labute approximate surface area is 127 Å². The molecule has 0 aliphatic heterocycles. The number of hydrogen-bond acceptors (Lipinski definition) is 5. The molecule has 0 saturated heterocycles. The Morgan fingerprint density at radius 3 is 2.91 bits per heavy atom. The molecule has 0 radical (unpaired) electrons. The first-order valence-electron chi connectivity index (χ1n) is 7.21. The average molecular weight is 302 g/mol. The molecule has 1 fully saturated rings. The van der Waals surface area contributed by atoms with Crippen LogP contribution >= 0.6 is 0 Å². The zero-order chi connectivity index (χ0) is 15.7. The van der Waals surface area contributed by atoms with Crippen molar-refractivity contribution in [1.29, 1.82) is 0 Å². The second-order valence-corrected chi connectivity index (χ2v) is 5.65. The fourth-order valence-corrected chi connectivity index (χ4v) is 2.95. The number of carbonyl (C=O) groups is 1. The van der Waals surface area contributed by atoms with Gasteiger partial charge in [0.1, 0.15) is 5.41 Å². The van der Waals surface area contributed by atoms with Crippen molar-refractivity contribution in [2.24, 2.45) is 11.7 Å². The third kappa shape index (κ3) is 2.33. The molecular weight excluding hydrogens is 284 g/mol. The summed E-state index contributed by atoms with van der Waals surface area (Å²) in [6.45, 7) is 0.569. The number of aromatic hydroxyl groups is 1. The summed E-state index contributed by atoms with van der Waals surface area (Å²) in [5.74, 6) is -0.798. The van der Waals surface area contributed by atoms with Gasteiger partial charge in [-0.3, -0.25) is 4.79 Å². The number of nitrogens with zero attached hydrogens (tertiary/aromatic N) is 3. The summed E-state index contributed by atoms with van der Waals surface area (Å²) in [7, 11) is 0. The molecule has 7 heteroatoms. The number of rotatable bonds is 6. The van der Waals surface area contributed by atoms with Crippen LogP contribution in [0, 0.1) is 5.92 Å². The van der Waals surface area contributed by atoms with E-state index >= 15 is 0 Å². The standard InChI is InChI=1S/C15H18N4O3/c16-5-1-2-10-6-15(10,14(21)22)12-8-19(9-18-12)11-3-4-13(20)17-7-11/h3-4,7-10H,1-2,5-6,16H2,(H,17,20)(H,21,22)/t10-,15+/m0/s1. The zero-order valence-corrected chi connectivity index (χ0v) is 12.0. The lowest BCUT2D eigenvalue weighted by atomic mass is 9.98. The largest absolute Gasteiger partial charge is 0.493 e. The maximum Gasteiger partial charge on any atom is 0.316 e. The van der Waals surface area contributed by atoms with Crippen molar-refractivity contribution >= 4 is 5.97 Å². The molecule has 7 nitrogen and oxygen atoms in total. The molecule has 116 valence electrons. The number of carboxylic acids is 1. The normalized spacial score (nSPS) is 23.4. The van der Waals surface area contributed by atoms with E-state index in [0.29, 0.717) is 18.7 Å². The van der Waals surface area contributed by atoms with Crippen LogP contribution in [0.5, 0.6) is 5.88 Å². The van der Waals surface area contributed by atoms with Crippen molar-refractivity contribution in [3.8, 4) is 11.6 Å². The van der Waals surface area contributed by atoms with E-state index in [0.717, 1.165) is 18.5 Å². The molecule has 2 atom stereocenters. The molecule has 0 unspecified atom stereocenters. The number of aromatic nitrogens is 3. The number of imidazole rings is 1. The molecule has 0 bridgehead atoms. The van der Waals surface area contributed by atoms with E-state index in [9.17, 15) is 15.0 Å². The molecule has 0 aromatic carbocycles. The van der Waals surface area contributed by atoms with E-state index in [-0.39, 0.29) is 11.8 Å². The Morgan fingerprint density at radius 2 is 2.27 bits per heavy atom. The SMILES string of the molecule is NCCC[C@H]1C[C@]1(C(=O)O)c1cn(-c2ccc(O)nc2)cn1. The van der Waals surface area contributed by atoms with Crippen molar-refractivity contribution in [2.45, 2.75) is 24.7 Å². The van der Waals surface area contributed by atoms with Gasteiger partial charge >= 0.3 is 5.97 Å². The Morgan fingerprint density at radius 1 is 1.45 bits per heavy atom. The van der Waals surface area contributed by atoms with Crippen LogP contribution in [0.25, 0.3) is 5.69 Å². The Kier molecular flexibility index (Phi) is 3.58. The van der Waals surface area contributed by atoms with Crippen LogP contribution in [-0.4, -0.2) is 37.3 Å². The molecule has 0 spiro atoms. The highest BCUT2D eigenvalue weighted by molar-refractivity contribution is 5.85. The highest BCUT2D eigenvalue weighted by Gasteiger charge is 2.62. The lowest BCUT2D eigenvalue weighted by molar-refractivity contribution is -0.140. The predicted molar refractivity (Wildman–Crippen MR) is 78.7 cm³/mol. The molecular formula is C15H18N4O3. The molecule has 1 saturated carbocycles. The van der Waals surface area contributed by atoms with Gasteiger partial charge in [0.2, 0.25) is 5.88 Å². The number of carboxylic acid groups (broad SMARTS) is 1. The summed E-state index contributed by atoms with van der Waals surface area (Å²) in [4.78, 5) is 19.8. The lowest BCUT2D eigenvalue weighted by Gasteiger charge is -2.09. The summed E-state index contributed by atoms with van der Waals surface area (Å²) in [5, 5.41) is 18.8. The topological polar surface area (TPSA) is 114 Å². The first kappa shape index (κ1) is 14.5. The summed E-state index contributed by atoms with van der Waals surface area (Å²) in [6, 6.07) is 3.17. The fraction of sp³-hybridized carbons (Fsp3) is 0.400. The number of aliphatic carboxylic acids is 1. The minimum Gasteiger partial charge on any atom is -0.493 e. The van der Waals surface area contributed by atoms with Gasteiger partial charge in [0, 0.05) is 12.3 Å². The molecule has 2 aromatic heterocycles. The maximum absolute atomic E-state index is 11.7. The second-order valence-electron chi connectivity index (χ2n) is 5.65. The van der Waals surface area contributed by atoms with Gasteiger partial charge in [-0.2, -0.15) is 0 Å². The number of hydrogen-bond donors (Lipinski definition) is 3. The molecule has 1 aliphatic carbocycles. The fourth-order valence-electron chi connectivity index (χ4n) is 2.95. The van der Waals surface area contributed by atoms with Crippen LogP contribution in [0.1, 0.15) is 25.0 Å². The van der Waals surface area contributed by atoms with Crippen LogP contribution in [0.3, 0.4) is 0 Å². The highest BCUT2D eigenvalue weighted by Crippen LogP contribution is 2.56. The van der Waals surface area contributed by atoms with Gasteiger partial charge in [0.15, 0.2) is 0 Å². The molecule has 4 N–H and O–H groups in total. The third-order valence-corrected chi connectivity index (χ3v) is 4.31. The maximum atomic E-state index is 11.7. The number of nitrogens with two attached hydrogens (primary N) is 1. The predicted octanol–water partition coefficient (Wildman–Crippen LogP) is 1.05. The van der Waals surface area contributed by atoms with Gasteiger partial charge in [0.25, 0.3) is 0 Å². The van der Waals surface area contributed by atoms with E-state index < -0.39 is 11.4 Å². The van der Waals surface area contributed by atoms with Crippen LogP contribution < -0.4 is 5.73 Å². The van der Waals surface area contributed by atoms with E-state index in [2.05, 4.69) is 9.97 Å².